The van der Waals surface area contributed by atoms with Gasteiger partial charge in [0.15, 0.2) is 0 Å². The van der Waals surface area contributed by atoms with Gasteiger partial charge in [0.1, 0.15) is 5.75 Å². The normalized spacial score (nSPS) is 11.0. The number of rotatable bonds is 6. The van der Waals surface area contributed by atoms with Crippen LogP contribution in [0.2, 0.25) is 10.0 Å². The lowest BCUT2D eigenvalue weighted by Crippen LogP contribution is -2.22. The summed E-state index contributed by atoms with van der Waals surface area (Å²) in [6, 6.07) is 11.7. The number of benzene rings is 2. The van der Waals surface area contributed by atoms with Gasteiger partial charge in [-0.2, -0.15) is 5.10 Å². The van der Waals surface area contributed by atoms with Crippen molar-refractivity contribution < 1.29 is 14.3 Å². The molecule has 0 unspecified atom stereocenters. The predicted molar refractivity (Wildman–Crippen MR) is 103 cm³/mol. The van der Waals surface area contributed by atoms with Crippen molar-refractivity contribution in [3.05, 3.63) is 58.1 Å². The number of nitrogens with zero attached hydrogens (tertiary/aromatic N) is 1. The summed E-state index contributed by atoms with van der Waals surface area (Å²) in [4.78, 5) is 24.2. The summed E-state index contributed by atoms with van der Waals surface area (Å²) in [5, 5.41) is 7.20. The van der Waals surface area contributed by atoms with E-state index in [4.69, 9.17) is 27.9 Å². The fourth-order valence-corrected chi connectivity index (χ4v) is 2.45. The molecule has 0 aromatic heterocycles. The van der Waals surface area contributed by atoms with E-state index in [2.05, 4.69) is 15.8 Å². The molecule has 0 heterocycles. The van der Waals surface area contributed by atoms with E-state index in [-0.39, 0.29) is 17.4 Å². The number of methoxy groups -OCH3 is 1. The second kappa shape index (κ2) is 9.22. The van der Waals surface area contributed by atoms with E-state index in [0.29, 0.717) is 27.7 Å². The van der Waals surface area contributed by atoms with Gasteiger partial charge in [0, 0.05) is 5.71 Å². The zero-order valence-electron chi connectivity index (χ0n) is 14.2. The first-order valence-electron chi connectivity index (χ1n) is 7.62. The van der Waals surface area contributed by atoms with Crippen molar-refractivity contribution in [2.45, 2.75) is 13.3 Å². The number of hydrogen-bond donors (Lipinski definition) is 2. The largest absolute Gasteiger partial charge is 0.496 e. The van der Waals surface area contributed by atoms with Crippen LogP contribution < -0.4 is 15.5 Å². The molecule has 2 aromatic carbocycles. The van der Waals surface area contributed by atoms with Crippen molar-refractivity contribution in [2.75, 3.05) is 12.4 Å². The molecule has 136 valence electrons. The summed E-state index contributed by atoms with van der Waals surface area (Å²) in [6.45, 7) is 1.63. The number of hydrogen-bond acceptors (Lipinski definition) is 4. The van der Waals surface area contributed by atoms with Crippen LogP contribution in [-0.2, 0) is 4.79 Å². The molecule has 0 saturated carbocycles. The summed E-state index contributed by atoms with van der Waals surface area (Å²) >= 11 is 11.9. The maximum absolute atomic E-state index is 12.2. The van der Waals surface area contributed by atoms with E-state index in [1.165, 1.54) is 7.11 Å². The average Bonchev–Trinajstić information content (AvgIpc) is 2.63. The molecule has 0 atom stereocenters. The lowest BCUT2D eigenvalue weighted by atomic mass is 10.2. The lowest BCUT2D eigenvalue weighted by molar-refractivity contribution is -0.115. The van der Waals surface area contributed by atoms with E-state index in [0.717, 1.165) is 0 Å². The SMILES string of the molecule is COc1ccccc1C(=O)NN=C(C)CC(=O)Nc1cccc(Cl)c1Cl. The van der Waals surface area contributed by atoms with E-state index < -0.39 is 5.91 Å². The number of carbonyl (C=O) groups is 2. The van der Waals surface area contributed by atoms with Crippen molar-refractivity contribution in [2.24, 2.45) is 5.10 Å². The Kier molecular flexibility index (Phi) is 7.00. The molecule has 0 aliphatic heterocycles. The molecule has 8 heteroatoms. The van der Waals surface area contributed by atoms with Gasteiger partial charge in [0.05, 0.1) is 34.8 Å². The fourth-order valence-electron chi connectivity index (χ4n) is 2.11. The minimum absolute atomic E-state index is 0.0188. The fraction of sp³-hybridized carbons (Fsp3) is 0.167. The molecule has 0 aliphatic rings. The minimum atomic E-state index is -0.430. The van der Waals surface area contributed by atoms with Gasteiger partial charge < -0.3 is 10.1 Å². The molecule has 0 aliphatic carbocycles. The summed E-state index contributed by atoms with van der Waals surface area (Å²) in [5.74, 6) is -0.326. The molecule has 0 bridgehead atoms. The first kappa shape index (κ1) is 19.8. The highest BCUT2D eigenvalue weighted by Crippen LogP contribution is 2.29. The quantitative estimate of drug-likeness (QED) is 0.571. The highest BCUT2D eigenvalue weighted by Gasteiger charge is 2.12. The molecule has 0 saturated heterocycles. The average molecular weight is 394 g/mol. The third-order valence-electron chi connectivity index (χ3n) is 3.34. The van der Waals surface area contributed by atoms with Crippen LogP contribution in [0.25, 0.3) is 0 Å². The van der Waals surface area contributed by atoms with Crippen LogP contribution in [0.1, 0.15) is 23.7 Å². The molecule has 2 amide bonds. The Bertz CT molecular complexity index is 853. The summed E-state index contributed by atoms with van der Waals surface area (Å²) in [6.07, 6.45) is -0.0188. The van der Waals surface area contributed by atoms with Gasteiger partial charge in [-0.1, -0.05) is 41.4 Å². The van der Waals surface area contributed by atoms with Gasteiger partial charge >= 0.3 is 0 Å². The van der Waals surface area contributed by atoms with E-state index in [1.54, 1.807) is 49.4 Å². The van der Waals surface area contributed by atoms with Crippen LogP contribution in [0.5, 0.6) is 5.75 Å². The zero-order chi connectivity index (χ0) is 19.1. The highest BCUT2D eigenvalue weighted by atomic mass is 35.5. The molecule has 2 aromatic rings. The second-order valence-electron chi connectivity index (χ2n) is 5.31. The maximum atomic E-state index is 12.2. The topological polar surface area (TPSA) is 79.8 Å². The Labute approximate surface area is 161 Å². The van der Waals surface area contributed by atoms with Crippen LogP contribution in [0.15, 0.2) is 47.6 Å². The molecular weight excluding hydrogens is 377 g/mol. The molecule has 26 heavy (non-hydrogen) atoms. The number of ether oxygens (including phenoxy) is 1. The van der Waals surface area contributed by atoms with Crippen LogP contribution in [-0.4, -0.2) is 24.6 Å². The Morgan fingerprint density at radius 3 is 2.58 bits per heavy atom. The van der Waals surface area contributed by atoms with Gasteiger partial charge in [-0.05, 0) is 31.2 Å². The Morgan fingerprint density at radius 1 is 1.12 bits per heavy atom. The number of amides is 2. The number of para-hydroxylation sites is 1. The van der Waals surface area contributed by atoms with Gasteiger partial charge in [-0.3, -0.25) is 9.59 Å². The van der Waals surface area contributed by atoms with Crippen molar-refractivity contribution in [1.82, 2.24) is 5.43 Å². The molecule has 0 radical (unpaired) electrons. The maximum Gasteiger partial charge on any atom is 0.275 e. The summed E-state index contributed by atoms with van der Waals surface area (Å²) in [5.41, 5.74) is 3.59. The minimum Gasteiger partial charge on any atom is -0.496 e. The molecular formula is C18H17Cl2N3O3. The molecule has 2 rings (SSSR count). The zero-order valence-corrected chi connectivity index (χ0v) is 15.7. The smallest absolute Gasteiger partial charge is 0.275 e. The Hall–Kier alpha value is -2.57. The lowest BCUT2D eigenvalue weighted by Gasteiger charge is -2.09. The number of nitrogens with one attached hydrogen (secondary N) is 2. The molecule has 6 nitrogen and oxygen atoms in total. The van der Waals surface area contributed by atoms with Crippen LogP contribution in [0, 0.1) is 0 Å². The first-order valence-corrected chi connectivity index (χ1v) is 8.38. The number of hydrazone groups is 1. The van der Waals surface area contributed by atoms with E-state index in [1.807, 2.05) is 0 Å². The van der Waals surface area contributed by atoms with Crippen molar-refractivity contribution in [3.8, 4) is 5.75 Å². The van der Waals surface area contributed by atoms with Crippen LogP contribution in [0.3, 0.4) is 0 Å². The standard InChI is InChI=1S/C18H17Cl2N3O3/c1-11(10-16(24)21-14-8-5-7-13(19)17(14)20)22-23-18(25)12-6-3-4-9-15(12)26-2/h3-9H,10H2,1-2H3,(H,21,24)(H,23,25). The number of halogens is 2. The van der Waals surface area contributed by atoms with Crippen molar-refractivity contribution in [1.29, 1.82) is 0 Å². The van der Waals surface area contributed by atoms with E-state index in [9.17, 15) is 9.59 Å². The first-order chi connectivity index (χ1) is 12.4. The molecule has 0 fully saturated rings. The molecule has 0 spiro atoms. The Balaban J connectivity index is 1.96. The number of anilines is 1. The van der Waals surface area contributed by atoms with Crippen LogP contribution in [0.4, 0.5) is 5.69 Å². The summed E-state index contributed by atoms with van der Waals surface area (Å²) in [7, 11) is 1.48. The van der Waals surface area contributed by atoms with Crippen molar-refractivity contribution >= 4 is 46.4 Å². The second-order valence-corrected chi connectivity index (χ2v) is 6.10. The third kappa shape index (κ3) is 5.21. The van der Waals surface area contributed by atoms with Crippen molar-refractivity contribution in [3.63, 3.8) is 0 Å². The monoisotopic (exact) mass is 393 g/mol. The van der Waals surface area contributed by atoms with Gasteiger partial charge in [0.25, 0.3) is 5.91 Å². The predicted octanol–water partition coefficient (Wildman–Crippen LogP) is 4.14. The summed E-state index contributed by atoms with van der Waals surface area (Å²) < 4.78 is 5.13. The van der Waals surface area contributed by atoms with Crippen LogP contribution >= 0.6 is 23.2 Å². The Morgan fingerprint density at radius 2 is 1.85 bits per heavy atom. The number of carbonyl (C=O) groups excluding carboxylic acids is 2. The van der Waals surface area contributed by atoms with E-state index >= 15 is 0 Å². The highest BCUT2D eigenvalue weighted by molar-refractivity contribution is 6.44. The van der Waals surface area contributed by atoms with Gasteiger partial charge in [-0.15, -0.1) is 0 Å². The third-order valence-corrected chi connectivity index (χ3v) is 4.16. The van der Waals surface area contributed by atoms with Gasteiger partial charge in [-0.25, -0.2) is 5.43 Å². The van der Waals surface area contributed by atoms with Gasteiger partial charge in [0.2, 0.25) is 5.91 Å². The molecule has 2 N–H and O–H groups in total.